The molecule has 0 aliphatic heterocycles. The van der Waals surface area contributed by atoms with E-state index in [4.69, 9.17) is 4.42 Å². The summed E-state index contributed by atoms with van der Waals surface area (Å²) in [6.07, 6.45) is 1.52. The number of hydrazine groups is 1. The number of aryl methyl sites for hydroxylation is 1. The predicted octanol–water partition coefficient (Wildman–Crippen LogP) is 5.85. The quantitative estimate of drug-likeness (QED) is 0.263. The zero-order valence-electron chi connectivity index (χ0n) is 20.7. The lowest BCUT2D eigenvalue weighted by Gasteiger charge is -2.35. The number of amides is 2. The Labute approximate surface area is 224 Å². The van der Waals surface area contributed by atoms with Gasteiger partial charge in [0.15, 0.2) is 5.60 Å². The van der Waals surface area contributed by atoms with Crippen LogP contribution in [0.4, 0.5) is 0 Å². The van der Waals surface area contributed by atoms with Gasteiger partial charge in [-0.3, -0.25) is 15.0 Å². The number of hydrogen-bond acceptors (Lipinski definition) is 5. The summed E-state index contributed by atoms with van der Waals surface area (Å²) in [7, 11) is 0. The minimum Gasteiger partial charge on any atom is -0.467 e. The number of thiophene rings is 1. The summed E-state index contributed by atoms with van der Waals surface area (Å²) in [5.74, 6) is -0.751. The van der Waals surface area contributed by atoms with E-state index in [1.165, 1.54) is 22.6 Å². The van der Waals surface area contributed by atoms with Gasteiger partial charge in [0.05, 0.1) is 11.8 Å². The molecule has 2 aromatic heterocycles. The van der Waals surface area contributed by atoms with Gasteiger partial charge < -0.3 is 9.52 Å². The Hall–Kier alpha value is -4.46. The van der Waals surface area contributed by atoms with E-state index in [0.29, 0.717) is 22.5 Å². The summed E-state index contributed by atoms with van der Waals surface area (Å²) in [5, 5.41) is 15.0. The molecule has 2 heterocycles. The van der Waals surface area contributed by atoms with Crippen molar-refractivity contribution in [2.24, 2.45) is 0 Å². The first-order valence-corrected chi connectivity index (χ1v) is 13.0. The van der Waals surface area contributed by atoms with Crippen LogP contribution >= 0.6 is 11.3 Å². The SMILES string of the molecule is Cc1cc(C(=O)N(NC(=O)C(O)(c2ccccc2)c2ccccc2)[C@H](c2ccccc2)c2ccco2)cs1. The van der Waals surface area contributed by atoms with E-state index in [1.807, 2.05) is 49.4 Å². The smallest absolute Gasteiger partial charge is 0.279 e. The van der Waals surface area contributed by atoms with Crippen molar-refractivity contribution in [2.45, 2.75) is 18.6 Å². The van der Waals surface area contributed by atoms with Crippen LogP contribution in [0.25, 0.3) is 0 Å². The number of furan rings is 1. The number of hydrogen-bond donors (Lipinski definition) is 2. The maximum atomic E-state index is 14.1. The van der Waals surface area contributed by atoms with E-state index in [9.17, 15) is 14.7 Å². The van der Waals surface area contributed by atoms with Crippen molar-refractivity contribution in [1.82, 2.24) is 10.4 Å². The summed E-state index contributed by atoms with van der Waals surface area (Å²) >= 11 is 1.44. The molecular formula is C31H26N2O4S. The molecule has 0 bridgehead atoms. The summed E-state index contributed by atoms with van der Waals surface area (Å²) < 4.78 is 5.75. The van der Waals surface area contributed by atoms with Gasteiger partial charge >= 0.3 is 0 Å². The predicted molar refractivity (Wildman–Crippen MR) is 146 cm³/mol. The van der Waals surface area contributed by atoms with Gasteiger partial charge in [-0.15, -0.1) is 11.3 Å². The number of benzene rings is 3. The Morgan fingerprint density at radius 3 is 1.95 bits per heavy atom. The maximum Gasteiger partial charge on any atom is 0.279 e. The number of carbonyl (C=O) groups is 2. The fourth-order valence-corrected chi connectivity index (χ4v) is 5.10. The summed E-state index contributed by atoms with van der Waals surface area (Å²) in [4.78, 5) is 29.1. The monoisotopic (exact) mass is 522 g/mol. The van der Waals surface area contributed by atoms with Crippen LogP contribution in [-0.4, -0.2) is 21.9 Å². The second kappa shape index (κ2) is 10.9. The average molecular weight is 523 g/mol. The van der Waals surface area contributed by atoms with Crippen LogP contribution in [0.15, 0.2) is 125 Å². The van der Waals surface area contributed by atoms with Crippen molar-refractivity contribution in [3.63, 3.8) is 0 Å². The Balaban J connectivity index is 1.63. The highest BCUT2D eigenvalue weighted by Crippen LogP contribution is 2.33. The molecule has 190 valence electrons. The van der Waals surface area contributed by atoms with Gasteiger partial charge in [-0.1, -0.05) is 91.0 Å². The summed E-state index contributed by atoms with van der Waals surface area (Å²) in [6.45, 7) is 1.91. The van der Waals surface area contributed by atoms with Gasteiger partial charge in [-0.2, -0.15) is 0 Å². The van der Waals surface area contributed by atoms with Crippen molar-refractivity contribution < 1.29 is 19.1 Å². The molecule has 3 aromatic carbocycles. The first-order valence-electron chi connectivity index (χ1n) is 12.1. The Bertz CT molecular complexity index is 1460. The molecule has 0 fully saturated rings. The van der Waals surface area contributed by atoms with E-state index in [1.54, 1.807) is 72.1 Å². The zero-order valence-corrected chi connectivity index (χ0v) is 21.5. The van der Waals surface area contributed by atoms with Crippen LogP contribution in [0.2, 0.25) is 0 Å². The Morgan fingerprint density at radius 2 is 1.45 bits per heavy atom. The van der Waals surface area contributed by atoms with Crippen LogP contribution in [0.1, 0.15) is 43.7 Å². The summed E-state index contributed by atoms with van der Waals surface area (Å²) in [5.41, 5.74) is 2.61. The molecule has 38 heavy (non-hydrogen) atoms. The standard InChI is InChI=1S/C31H26N2O4S/c1-22-20-24(21-38-22)29(34)33(28(27-18-11-19-37-27)23-12-5-2-6-13-23)32-30(35)31(36,25-14-7-3-8-15-25)26-16-9-4-10-17-26/h2-21,28,36H,1H3,(H,32,35)/t28-/m1/s1. The lowest BCUT2D eigenvalue weighted by Crippen LogP contribution is -2.55. The molecule has 7 heteroatoms. The lowest BCUT2D eigenvalue weighted by atomic mass is 9.85. The van der Waals surface area contributed by atoms with Crippen LogP contribution in [0.3, 0.4) is 0 Å². The van der Waals surface area contributed by atoms with Crippen molar-refractivity contribution in [2.75, 3.05) is 0 Å². The highest BCUT2D eigenvalue weighted by Gasteiger charge is 2.43. The molecule has 0 spiro atoms. The number of aliphatic hydroxyl groups is 1. The van der Waals surface area contributed by atoms with E-state index >= 15 is 0 Å². The first kappa shape index (κ1) is 25.2. The van der Waals surface area contributed by atoms with Gasteiger partial charge in [0.1, 0.15) is 11.8 Å². The molecule has 0 radical (unpaired) electrons. The Morgan fingerprint density at radius 1 is 0.868 bits per heavy atom. The normalized spacial score (nSPS) is 12.1. The van der Waals surface area contributed by atoms with Crippen molar-refractivity contribution in [3.05, 3.63) is 154 Å². The number of nitrogens with zero attached hydrogens (tertiary/aromatic N) is 1. The third-order valence-corrected chi connectivity index (χ3v) is 7.18. The lowest BCUT2D eigenvalue weighted by molar-refractivity contribution is -0.141. The molecule has 5 rings (SSSR count). The third kappa shape index (κ3) is 4.89. The van der Waals surface area contributed by atoms with Gasteiger partial charge in [0.2, 0.25) is 0 Å². The fraction of sp³-hybridized carbons (Fsp3) is 0.0968. The molecule has 2 N–H and O–H groups in total. The second-order valence-corrected chi connectivity index (χ2v) is 9.95. The van der Waals surface area contributed by atoms with Crippen LogP contribution < -0.4 is 5.43 Å². The first-order chi connectivity index (χ1) is 18.5. The molecule has 5 aromatic rings. The van der Waals surface area contributed by atoms with Gasteiger partial charge in [0, 0.05) is 10.3 Å². The molecule has 6 nitrogen and oxygen atoms in total. The molecule has 0 aliphatic carbocycles. The van der Waals surface area contributed by atoms with Gasteiger partial charge in [0.25, 0.3) is 11.8 Å². The minimum atomic E-state index is -2.07. The number of carbonyl (C=O) groups excluding carboxylic acids is 2. The molecule has 1 atom stereocenters. The molecule has 0 aliphatic rings. The van der Waals surface area contributed by atoms with E-state index < -0.39 is 23.5 Å². The molecule has 0 saturated heterocycles. The van der Waals surface area contributed by atoms with Crippen molar-refractivity contribution >= 4 is 23.2 Å². The third-order valence-electron chi connectivity index (χ3n) is 6.32. The second-order valence-electron chi connectivity index (χ2n) is 8.83. The molecule has 0 unspecified atom stereocenters. The van der Waals surface area contributed by atoms with Gasteiger partial charge in [-0.05, 0) is 41.8 Å². The number of nitrogens with one attached hydrogen (secondary N) is 1. The maximum absolute atomic E-state index is 14.1. The van der Waals surface area contributed by atoms with Gasteiger partial charge in [-0.25, -0.2) is 5.01 Å². The Kier molecular flexibility index (Phi) is 7.22. The molecular weight excluding hydrogens is 496 g/mol. The van der Waals surface area contributed by atoms with E-state index in [0.717, 1.165) is 10.4 Å². The number of rotatable bonds is 7. The topological polar surface area (TPSA) is 82.8 Å². The van der Waals surface area contributed by atoms with Crippen LogP contribution in [0.5, 0.6) is 0 Å². The van der Waals surface area contributed by atoms with Crippen molar-refractivity contribution in [3.8, 4) is 0 Å². The summed E-state index contributed by atoms with van der Waals surface area (Å²) in [6, 6.07) is 31.1. The van der Waals surface area contributed by atoms with Crippen molar-refractivity contribution in [1.29, 1.82) is 0 Å². The highest BCUT2D eigenvalue weighted by molar-refractivity contribution is 7.10. The highest BCUT2D eigenvalue weighted by atomic mass is 32.1. The average Bonchev–Trinajstić information content (AvgIpc) is 3.65. The molecule has 0 saturated carbocycles. The van der Waals surface area contributed by atoms with E-state index in [2.05, 4.69) is 5.43 Å². The van der Waals surface area contributed by atoms with Crippen LogP contribution in [-0.2, 0) is 10.4 Å². The molecule has 2 amide bonds. The largest absolute Gasteiger partial charge is 0.467 e. The zero-order chi connectivity index (χ0) is 26.5. The van der Waals surface area contributed by atoms with E-state index in [-0.39, 0.29) is 0 Å². The minimum absolute atomic E-state index is 0.372. The van der Waals surface area contributed by atoms with Crippen LogP contribution in [0, 0.1) is 6.92 Å². The fourth-order valence-electron chi connectivity index (χ4n) is 4.43.